The van der Waals surface area contributed by atoms with Crippen LogP contribution in [0, 0.1) is 0 Å². The van der Waals surface area contributed by atoms with Gasteiger partial charge in [0.2, 0.25) is 11.8 Å². The van der Waals surface area contributed by atoms with Gasteiger partial charge in [-0.05, 0) is 29.2 Å². The highest BCUT2D eigenvalue weighted by Crippen LogP contribution is 2.19. The van der Waals surface area contributed by atoms with Gasteiger partial charge in [0, 0.05) is 25.1 Å². The lowest BCUT2D eigenvalue weighted by molar-refractivity contribution is -0.129. The number of nitrogens with zero attached hydrogens (tertiary/aromatic N) is 1. The number of rotatable bonds is 6. The fourth-order valence-electron chi connectivity index (χ4n) is 2.96. The van der Waals surface area contributed by atoms with E-state index in [9.17, 15) is 9.59 Å². The number of hydrogen-bond acceptors (Lipinski definition) is 3. The lowest BCUT2D eigenvalue weighted by Crippen LogP contribution is -2.29. The van der Waals surface area contributed by atoms with E-state index in [-0.39, 0.29) is 12.3 Å². The second kappa shape index (κ2) is 7.27. The number of carbonyl (C=O) groups excluding carboxylic acids is 2. The molecule has 0 spiro atoms. The van der Waals surface area contributed by atoms with Gasteiger partial charge in [0.05, 0.1) is 0 Å². The van der Waals surface area contributed by atoms with E-state index in [1.165, 1.54) is 16.3 Å². The molecule has 0 aromatic heterocycles. The molecule has 0 radical (unpaired) electrons. The standard InChI is InChI=1S/C19H20N2O3/c22-18(20-24)8-7-16-10-12-21(19(16)23)11-9-14-5-6-15-3-1-2-4-17(15)13-14/h1-6,10,13,24H,7-9,11-12H2,(H,20,22). The summed E-state index contributed by atoms with van der Waals surface area (Å²) in [7, 11) is 0. The highest BCUT2D eigenvalue weighted by molar-refractivity contribution is 5.96. The Morgan fingerprint density at radius 3 is 2.71 bits per heavy atom. The highest BCUT2D eigenvalue weighted by Gasteiger charge is 2.23. The third-order valence-electron chi connectivity index (χ3n) is 4.35. The Morgan fingerprint density at radius 2 is 1.92 bits per heavy atom. The van der Waals surface area contributed by atoms with Gasteiger partial charge in [0.15, 0.2) is 0 Å². The summed E-state index contributed by atoms with van der Waals surface area (Å²) in [5, 5.41) is 10.9. The number of benzene rings is 2. The molecule has 2 aromatic carbocycles. The SMILES string of the molecule is O=C(CCC1=CCN(CCc2ccc3ccccc3c2)C1=O)NO. The van der Waals surface area contributed by atoms with Gasteiger partial charge in [0.1, 0.15) is 0 Å². The Kier molecular flexibility index (Phi) is 4.91. The number of carbonyl (C=O) groups is 2. The highest BCUT2D eigenvalue weighted by atomic mass is 16.5. The molecular weight excluding hydrogens is 304 g/mol. The normalized spacial score (nSPS) is 14.1. The van der Waals surface area contributed by atoms with E-state index in [1.54, 1.807) is 10.4 Å². The zero-order valence-electron chi connectivity index (χ0n) is 13.4. The van der Waals surface area contributed by atoms with Gasteiger partial charge in [-0.3, -0.25) is 14.8 Å². The van der Waals surface area contributed by atoms with Crippen molar-refractivity contribution in [2.24, 2.45) is 0 Å². The molecule has 5 nitrogen and oxygen atoms in total. The monoisotopic (exact) mass is 324 g/mol. The first-order valence-corrected chi connectivity index (χ1v) is 8.06. The van der Waals surface area contributed by atoms with Gasteiger partial charge in [-0.1, -0.05) is 48.5 Å². The van der Waals surface area contributed by atoms with Crippen molar-refractivity contribution in [2.45, 2.75) is 19.3 Å². The Labute approximate surface area is 140 Å². The number of amides is 2. The molecule has 2 N–H and O–H groups in total. The summed E-state index contributed by atoms with van der Waals surface area (Å²) in [4.78, 5) is 25.2. The maximum atomic E-state index is 12.3. The van der Waals surface area contributed by atoms with Gasteiger partial charge in [-0.15, -0.1) is 0 Å². The van der Waals surface area contributed by atoms with Crippen LogP contribution in [0.2, 0.25) is 0 Å². The molecule has 0 bridgehead atoms. The third-order valence-corrected chi connectivity index (χ3v) is 4.35. The summed E-state index contributed by atoms with van der Waals surface area (Å²) in [6, 6.07) is 14.6. The molecule has 0 atom stereocenters. The van der Waals surface area contributed by atoms with Crippen LogP contribution in [0.5, 0.6) is 0 Å². The summed E-state index contributed by atoms with van der Waals surface area (Å²) in [6.07, 6.45) is 3.15. The van der Waals surface area contributed by atoms with E-state index in [2.05, 4.69) is 30.3 Å². The average Bonchev–Trinajstić information content (AvgIpc) is 2.97. The predicted molar refractivity (Wildman–Crippen MR) is 91.5 cm³/mol. The van der Waals surface area contributed by atoms with Crippen LogP contribution in [0.4, 0.5) is 0 Å². The first-order chi connectivity index (χ1) is 11.7. The molecule has 5 heteroatoms. The minimum Gasteiger partial charge on any atom is -0.335 e. The number of nitrogens with one attached hydrogen (secondary N) is 1. The maximum absolute atomic E-state index is 12.3. The zero-order chi connectivity index (χ0) is 16.9. The van der Waals surface area contributed by atoms with Crippen molar-refractivity contribution in [2.75, 3.05) is 13.1 Å². The van der Waals surface area contributed by atoms with Crippen LogP contribution < -0.4 is 5.48 Å². The molecule has 2 aromatic rings. The van der Waals surface area contributed by atoms with Crippen molar-refractivity contribution in [3.05, 3.63) is 59.7 Å². The fourth-order valence-corrected chi connectivity index (χ4v) is 2.96. The van der Waals surface area contributed by atoms with Crippen LogP contribution >= 0.6 is 0 Å². The first-order valence-electron chi connectivity index (χ1n) is 8.06. The van der Waals surface area contributed by atoms with Crippen LogP contribution in [0.15, 0.2) is 54.1 Å². The van der Waals surface area contributed by atoms with Crippen molar-refractivity contribution in [3.8, 4) is 0 Å². The summed E-state index contributed by atoms with van der Waals surface area (Å²) in [5.41, 5.74) is 3.44. The van der Waals surface area contributed by atoms with Gasteiger partial charge < -0.3 is 4.90 Å². The summed E-state index contributed by atoms with van der Waals surface area (Å²) in [6.45, 7) is 1.24. The van der Waals surface area contributed by atoms with Crippen LogP contribution in [-0.4, -0.2) is 35.0 Å². The van der Waals surface area contributed by atoms with Crippen LogP contribution in [0.25, 0.3) is 10.8 Å². The maximum Gasteiger partial charge on any atom is 0.249 e. The topological polar surface area (TPSA) is 69.6 Å². The Balaban J connectivity index is 1.55. The molecule has 0 aliphatic carbocycles. The first kappa shape index (κ1) is 16.2. The number of fused-ring (bicyclic) bond motifs is 1. The van der Waals surface area contributed by atoms with Crippen molar-refractivity contribution in [1.29, 1.82) is 0 Å². The van der Waals surface area contributed by atoms with Crippen LogP contribution in [0.1, 0.15) is 18.4 Å². The summed E-state index contributed by atoms with van der Waals surface area (Å²) >= 11 is 0. The predicted octanol–water partition coefficient (Wildman–Crippen LogP) is 2.44. The van der Waals surface area contributed by atoms with E-state index >= 15 is 0 Å². The van der Waals surface area contributed by atoms with Gasteiger partial charge >= 0.3 is 0 Å². The van der Waals surface area contributed by atoms with E-state index in [0.29, 0.717) is 25.1 Å². The number of hydrogen-bond donors (Lipinski definition) is 2. The van der Waals surface area contributed by atoms with Crippen molar-refractivity contribution >= 4 is 22.6 Å². The van der Waals surface area contributed by atoms with E-state index in [1.807, 2.05) is 18.2 Å². The minimum atomic E-state index is -0.474. The van der Waals surface area contributed by atoms with Gasteiger partial charge in [-0.2, -0.15) is 0 Å². The molecule has 0 unspecified atom stereocenters. The molecule has 24 heavy (non-hydrogen) atoms. The molecule has 1 heterocycles. The largest absolute Gasteiger partial charge is 0.335 e. The summed E-state index contributed by atoms with van der Waals surface area (Å²) < 4.78 is 0. The molecule has 124 valence electrons. The van der Waals surface area contributed by atoms with E-state index in [4.69, 9.17) is 5.21 Å². The van der Waals surface area contributed by atoms with Gasteiger partial charge in [-0.25, -0.2) is 5.48 Å². The lowest BCUT2D eigenvalue weighted by atomic mass is 10.0. The Bertz CT molecular complexity index is 798. The third kappa shape index (κ3) is 3.63. The molecule has 0 fully saturated rings. The smallest absolute Gasteiger partial charge is 0.249 e. The molecular formula is C19H20N2O3. The second-order valence-corrected chi connectivity index (χ2v) is 5.95. The molecule has 2 amide bonds. The van der Waals surface area contributed by atoms with Crippen LogP contribution in [0.3, 0.4) is 0 Å². The molecule has 3 rings (SSSR count). The molecule has 1 aliphatic rings. The fraction of sp³-hybridized carbons (Fsp3) is 0.263. The number of hydroxylamine groups is 1. The van der Waals surface area contributed by atoms with E-state index < -0.39 is 5.91 Å². The molecule has 0 saturated heterocycles. The Hall–Kier alpha value is -2.66. The molecule has 1 aliphatic heterocycles. The zero-order valence-corrected chi connectivity index (χ0v) is 13.4. The quantitative estimate of drug-likeness (QED) is 0.633. The second-order valence-electron chi connectivity index (χ2n) is 5.95. The minimum absolute atomic E-state index is 0.0125. The summed E-state index contributed by atoms with van der Waals surface area (Å²) in [5.74, 6) is -0.486. The van der Waals surface area contributed by atoms with E-state index in [0.717, 1.165) is 6.42 Å². The lowest BCUT2D eigenvalue weighted by Gasteiger charge is -2.16. The van der Waals surface area contributed by atoms with Crippen molar-refractivity contribution in [3.63, 3.8) is 0 Å². The van der Waals surface area contributed by atoms with Gasteiger partial charge in [0.25, 0.3) is 0 Å². The van der Waals surface area contributed by atoms with Crippen molar-refractivity contribution in [1.82, 2.24) is 10.4 Å². The Morgan fingerprint density at radius 1 is 1.12 bits per heavy atom. The molecule has 0 saturated carbocycles. The average molecular weight is 324 g/mol. The van der Waals surface area contributed by atoms with Crippen LogP contribution in [-0.2, 0) is 16.0 Å². The van der Waals surface area contributed by atoms with Crippen molar-refractivity contribution < 1.29 is 14.8 Å².